The second kappa shape index (κ2) is 5.74. The smallest absolute Gasteiger partial charge is 0.0709 e. The van der Waals surface area contributed by atoms with Gasteiger partial charge in [-0.15, -0.1) is 0 Å². The maximum atomic E-state index is 4.87. The summed E-state index contributed by atoms with van der Waals surface area (Å²) in [4.78, 5) is 4.87. The molecule has 32 heavy (non-hydrogen) atoms. The maximum Gasteiger partial charge on any atom is 0.0709 e. The summed E-state index contributed by atoms with van der Waals surface area (Å²) in [7, 11) is 0. The van der Waals surface area contributed by atoms with Crippen molar-refractivity contribution in [2.24, 2.45) is 0 Å². The van der Waals surface area contributed by atoms with E-state index >= 15 is 0 Å². The average molecular weight is 406 g/mol. The number of para-hydroxylation sites is 2. The summed E-state index contributed by atoms with van der Waals surface area (Å²) >= 11 is 0. The Morgan fingerprint density at radius 1 is 0.594 bits per heavy atom. The van der Waals surface area contributed by atoms with E-state index in [4.69, 9.17) is 4.98 Å². The van der Waals surface area contributed by atoms with Gasteiger partial charge in [0.1, 0.15) is 0 Å². The fourth-order valence-corrected chi connectivity index (χ4v) is 5.77. The van der Waals surface area contributed by atoms with E-state index < -0.39 is 0 Å². The van der Waals surface area contributed by atoms with Crippen molar-refractivity contribution in [3.05, 3.63) is 108 Å². The zero-order valence-corrected chi connectivity index (χ0v) is 17.3. The average Bonchev–Trinajstić information content (AvgIpc) is 3.50. The summed E-state index contributed by atoms with van der Waals surface area (Å²) in [6.45, 7) is 0. The molecule has 2 heteroatoms. The first kappa shape index (κ1) is 16.5. The Balaban J connectivity index is 1.42. The molecule has 0 bridgehead atoms. The summed E-state index contributed by atoms with van der Waals surface area (Å²) in [5.74, 6) is 0. The molecule has 0 fully saturated rings. The van der Waals surface area contributed by atoms with Gasteiger partial charge in [-0.25, -0.2) is 0 Å². The van der Waals surface area contributed by atoms with Gasteiger partial charge in [0, 0.05) is 39.7 Å². The second-order valence-corrected chi connectivity index (χ2v) is 8.85. The largest absolute Gasteiger partial charge is 0.308 e. The van der Waals surface area contributed by atoms with Crippen LogP contribution in [0.25, 0.3) is 60.5 Å². The monoisotopic (exact) mass is 406 g/mol. The van der Waals surface area contributed by atoms with Gasteiger partial charge in [0.05, 0.1) is 22.2 Å². The van der Waals surface area contributed by atoms with Gasteiger partial charge in [0.25, 0.3) is 0 Å². The quantitative estimate of drug-likeness (QED) is 0.276. The van der Waals surface area contributed by atoms with Crippen molar-refractivity contribution in [2.75, 3.05) is 0 Å². The zero-order chi connectivity index (χ0) is 20.8. The Hall–Kier alpha value is -4.17. The number of hydrogen-bond acceptors (Lipinski definition) is 1. The molecule has 4 aromatic carbocycles. The third-order valence-electron chi connectivity index (χ3n) is 7.19. The van der Waals surface area contributed by atoms with Crippen LogP contribution in [-0.4, -0.2) is 9.38 Å². The van der Waals surface area contributed by atoms with Crippen LogP contribution in [-0.2, 0) is 6.42 Å². The molecule has 1 aliphatic rings. The van der Waals surface area contributed by atoms with Crippen LogP contribution >= 0.6 is 0 Å². The molecule has 1 aliphatic carbocycles. The molecule has 0 spiro atoms. The Kier molecular flexibility index (Phi) is 2.96. The fourth-order valence-electron chi connectivity index (χ4n) is 5.77. The molecule has 0 unspecified atom stereocenters. The van der Waals surface area contributed by atoms with Gasteiger partial charge in [-0.1, -0.05) is 72.8 Å². The van der Waals surface area contributed by atoms with Gasteiger partial charge >= 0.3 is 0 Å². The normalized spacial score (nSPS) is 12.9. The highest BCUT2D eigenvalue weighted by molar-refractivity contribution is 6.23. The molecule has 0 radical (unpaired) electrons. The number of pyridine rings is 1. The van der Waals surface area contributed by atoms with E-state index in [1.807, 2.05) is 0 Å². The lowest BCUT2D eigenvalue weighted by atomic mass is 10.0. The first-order chi connectivity index (χ1) is 15.9. The van der Waals surface area contributed by atoms with Crippen molar-refractivity contribution in [1.82, 2.24) is 9.38 Å². The summed E-state index contributed by atoms with van der Waals surface area (Å²) in [6.07, 6.45) is 3.04. The van der Waals surface area contributed by atoms with Crippen molar-refractivity contribution in [2.45, 2.75) is 6.42 Å². The van der Waals surface area contributed by atoms with Crippen molar-refractivity contribution in [3.63, 3.8) is 0 Å². The Labute approximate surface area is 184 Å². The van der Waals surface area contributed by atoms with Crippen molar-refractivity contribution < 1.29 is 0 Å². The lowest BCUT2D eigenvalue weighted by molar-refractivity contribution is 1.20. The van der Waals surface area contributed by atoms with Gasteiger partial charge in [0.2, 0.25) is 0 Å². The highest BCUT2D eigenvalue weighted by Crippen LogP contribution is 2.41. The van der Waals surface area contributed by atoms with E-state index in [1.54, 1.807) is 0 Å². The molecule has 2 nitrogen and oxygen atoms in total. The first-order valence-electron chi connectivity index (χ1n) is 11.1. The van der Waals surface area contributed by atoms with Crippen molar-refractivity contribution >= 4 is 38.1 Å². The summed E-state index contributed by atoms with van der Waals surface area (Å²) < 4.78 is 2.43. The van der Waals surface area contributed by atoms with E-state index in [0.717, 1.165) is 17.7 Å². The third kappa shape index (κ3) is 1.97. The minimum atomic E-state index is 0.978. The van der Waals surface area contributed by atoms with E-state index in [0.29, 0.717) is 0 Å². The predicted molar refractivity (Wildman–Crippen MR) is 133 cm³/mol. The van der Waals surface area contributed by atoms with E-state index in [2.05, 4.69) is 102 Å². The van der Waals surface area contributed by atoms with E-state index in [9.17, 15) is 0 Å². The number of rotatable bonds is 1. The van der Waals surface area contributed by atoms with Gasteiger partial charge in [0.15, 0.2) is 0 Å². The van der Waals surface area contributed by atoms with E-state index in [-0.39, 0.29) is 0 Å². The molecule has 0 aliphatic heterocycles. The van der Waals surface area contributed by atoms with Gasteiger partial charge in [-0.3, -0.25) is 4.98 Å². The molecule has 0 amide bonds. The van der Waals surface area contributed by atoms with Crippen molar-refractivity contribution in [3.8, 4) is 22.4 Å². The summed E-state index contributed by atoms with van der Waals surface area (Å²) in [5.41, 5.74) is 11.4. The van der Waals surface area contributed by atoms with Crippen LogP contribution in [0.2, 0.25) is 0 Å². The molecule has 148 valence electrons. The maximum absolute atomic E-state index is 4.87. The van der Waals surface area contributed by atoms with Gasteiger partial charge < -0.3 is 4.40 Å². The van der Waals surface area contributed by atoms with Gasteiger partial charge in [-0.05, 0) is 40.5 Å². The lowest BCUT2D eigenvalue weighted by Gasteiger charge is -2.06. The highest BCUT2D eigenvalue weighted by atomic mass is 14.9. The molecule has 0 saturated carbocycles. The molecule has 0 saturated heterocycles. The number of nitrogens with zero attached hydrogens (tertiary/aromatic N) is 2. The minimum absolute atomic E-state index is 0.978. The molecule has 8 rings (SSSR count). The van der Waals surface area contributed by atoms with E-state index in [1.165, 1.54) is 60.3 Å². The standard InChI is InChI=1S/C30H18N2/c1-2-7-21-18(6-1)14-20-17-31-27(16-26(20)21)19-12-13-23-25-10-5-9-24-22-8-3-4-11-28(22)32(30(24)25)29(23)15-19/h1-13,15-17H,14H2. The first-order valence-corrected chi connectivity index (χ1v) is 11.1. The fraction of sp³-hybridized carbons (Fsp3) is 0.0333. The molecule has 0 atom stereocenters. The van der Waals surface area contributed by atoms with Crippen LogP contribution in [0, 0.1) is 0 Å². The minimum Gasteiger partial charge on any atom is -0.308 e. The van der Waals surface area contributed by atoms with Crippen LogP contribution in [0.3, 0.4) is 0 Å². The molecule has 0 N–H and O–H groups in total. The summed E-state index contributed by atoms with van der Waals surface area (Å²) in [6, 6.07) is 33.2. The number of fused-ring (bicyclic) bond motifs is 9. The lowest BCUT2D eigenvalue weighted by Crippen LogP contribution is -1.88. The highest BCUT2D eigenvalue weighted by Gasteiger charge is 2.20. The SMILES string of the molecule is c1ccc2c(c1)Cc1cnc(-c3ccc4c5cccc6c7ccccc7n(c4c3)c65)cc1-2. The Morgan fingerprint density at radius 3 is 2.31 bits per heavy atom. The molecule has 3 heterocycles. The van der Waals surface area contributed by atoms with Crippen LogP contribution in [0.5, 0.6) is 0 Å². The van der Waals surface area contributed by atoms with Crippen LogP contribution in [0.15, 0.2) is 97.2 Å². The molecular weight excluding hydrogens is 388 g/mol. The topological polar surface area (TPSA) is 17.3 Å². The Bertz CT molecular complexity index is 1850. The second-order valence-electron chi connectivity index (χ2n) is 8.85. The third-order valence-corrected chi connectivity index (χ3v) is 7.19. The number of hydrogen-bond donors (Lipinski definition) is 0. The molecule has 3 aromatic heterocycles. The Morgan fingerprint density at radius 2 is 1.38 bits per heavy atom. The summed E-state index contributed by atoms with van der Waals surface area (Å²) in [5, 5.41) is 5.25. The van der Waals surface area contributed by atoms with Crippen LogP contribution < -0.4 is 0 Å². The van der Waals surface area contributed by atoms with Gasteiger partial charge in [-0.2, -0.15) is 0 Å². The zero-order valence-electron chi connectivity index (χ0n) is 17.3. The van der Waals surface area contributed by atoms with Crippen molar-refractivity contribution in [1.29, 1.82) is 0 Å². The number of aromatic nitrogens is 2. The number of benzene rings is 4. The molecular formula is C30H18N2. The predicted octanol–water partition coefficient (Wildman–Crippen LogP) is 7.47. The molecule has 7 aromatic rings. The van der Waals surface area contributed by atoms with Crippen LogP contribution in [0.1, 0.15) is 11.1 Å². The van der Waals surface area contributed by atoms with Crippen LogP contribution in [0.4, 0.5) is 0 Å².